The minimum absolute atomic E-state index is 0.331. The van der Waals surface area contributed by atoms with E-state index < -0.39 is 10.0 Å². The highest BCUT2D eigenvalue weighted by Crippen LogP contribution is 2.14. The third kappa shape index (κ3) is 4.11. The van der Waals surface area contributed by atoms with Gasteiger partial charge in [-0.15, -0.1) is 0 Å². The van der Waals surface area contributed by atoms with E-state index in [0.717, 1.165) is 17.7 Å². The summed E-state index contributed by atoms with van der Waals surface area (Å²) in [7, 11) is -3.37. The van der Waals surface area contributed by atoms with Crippen molar-refractivity contribution in [3.8, 4) is 0 Å². The fourth-order valence-corrected chi connectivity index (χ4v) is 2.53. The van der Waals surface area contributed by atoms with E-state index in [1.54, 1.807) is 12.1 Å². The third-order valence-electron chi connectivity index (χ3n) is 2.63. The van der Waals surface area contributed by atoms with Crippen LogP contribution in [0, 0.1) is 13.8 Å². The van der Waals surface area contributed by atoms with E-state index in [1.165, 1.54) is 0 Å². The highest BCUT2D eigenvalue weighted by Gasteiger charge is 2.13. The molecule has 0 spiro atoms. The Labute approximate surface area is 103 Å². The SMILES string of the molecule is CCNCCNS(=O)(=O)c1ccc(C)c(C)c1. The van der Waals surface area contributed by atoms with Gasteiger partial charge in [0.25, 0.3) is 0 Å². The van der Waals surface area contributed by atoms with Crippen LogP contribution in [0.2, 0.25) is 0 Å². The summed E-state index contributed by atoms with van der Waals surface area (Å²) in [6, 6.07) is 5.16. The first-order valence-electron chi connectivity index (χ1n) is 5.75. The number of aryl methyl sites for hydroxylation is 2. The Kier molecular flexibility index (Phi) is 5.11. The van der Waals surface area contributed by atoms with Gasteiger partial charge < -0.3 is 5.32 Å². The van der Waals surface area contributed by atoms with E-state index in [1.807, 2.05) is 26.8 Å². The van der Waals surface area contributed by atoms with Crippen LogP contribution in [-0.4, -0.2) is 28.1 Å². The molecule has 1 rings (SSSR count). The molecule has 0 saturated carbocycles. The van der Waals surface area contributed by atoms with Crippen molar-refractivity contribution in [3.63, 3.8) is 0 Å². The number of rotatable bonds is 6. The lowest BCUT2D eigenvalue weighted by atomic mass is 10.1. The molecule has 1 aromatic carbocycles. The lowest BCUT2D eigenvalue weighted by Gasteiger charge is -2.08. The Morgan fingerprint density at radius 2 is 1.82 bits per heavy atom. The Balaban J connectivity index is 2.72. The number of hydrogen-bond acceptors (Lipinski definition) is 3. The van der Waals surface area contributed by atoms with Crippen molar-refractivity contribution in [2.75, 3.05) is 19.6 Å². The zero-order valence-corrected chi connectivity index (χ0v) is 11.4. The molecule has 0 heterocycles. The molecule has 0 saturated heterocycles. The summed E-state index contributed by atoms with van der Waals surface area (Å²) in [6.45, 7) is 7.74. The van der Waals surface area contributed by atoms with E-state index in [-0.39, 0.29) is 0 Å². The molecule has 4 nitrogen and oxygen atoms in total. The fraction of sp³-hybridized carbons (Fsp3) is 0.500. The molecule has 0 aliphatic rings. The average molecular weight is 256 g/mol. The summed E-state index contributed by atoms with van der Waals surface area (Å²) < 4.78 is 26.4. The standard InChI is InChI=1S/C12H20N2O2S/c1-4-13-7-8-14-17(15,16)12-6-5-10(2)11(3)9-12/h5-6,9,13-14H,4,7-8H2,1-3H3. The third-order valence-corrected chi connectivity index (χ3v) is 4.09. The maximum absolute atomic E-state index is 11.9. The highest BCUT2D eigenvalue weighted by molar-refractivity contribution is 7.89. The second-order valence-corrected chi connectivity index (χ2v) is 5.76. The monoisotopic (exact) mass is 256 g/mol. The van der Waals surface area contributed by atoms with Crippen LogP contribution in [0.25, 0.3) is 0 Å². The molecule has 0 bridgehead atoms. The largest absolute Gasteiger partial charge is 0.316 e. The van der Waals surface area contributed by atoms with Crippen molar-refractivity contribution in [1.29, 1.82) is 0 Å². The summed E-state index contributed by atoms with van der Waals surface area (Å²) in [4.78, 5) is 0.331. The average Bonchev–Trinajstić information content (AvgIpc) is 2.28. The topological polar surface area (TPSA) is 58.2 Å². The van der Waals surface area contributed by atoms with Gasteiger partial charge in [-0.25, -0.2) is 13.1 Å². The normalized spacial score (nSPS) is 11.7. The summed E-state index contributed by atoms with van der Waals surface area (Å²) in [5.41, 5.74) is 2.08. The lowest BCUT2D eigenvalue weighted by molar-refractivity contribution is 0.577. The molecule has 1 aromatic rings. The van der Waals surface area contributed by atoms with Crippen molar-refractivity contribution >= 4 is 10.0 Å². The first-order chi connectivity index (χ1) is 7.97. The van der Waals surface area contributed by atoms with E-state index in [0.29, 0.717) is 18.0 Å². The Bertz CT molecular complexity index is 469. The van der Waals surface area contributed by atoms with E-state index in [2.05, 4.69) is 10.0 Å². The van der Waals surface area contributed by atoms with Gasteiger partial charge in [0.15, 0.2) is 0 Å². The highest BCUT2D eigenvalue weighted by atomic mass is 32.2. The number of nitrogens with one attached hydrogen (secondary N) is 2. The molecule has 96 valence electrons. The van der Waals surface area contributed by atoms with E-state index >= 15 is 0 Å². The van der Waals surface area contributed by atoms with Gasteiger partial charge in [-0.3, -0.25) is 0 Å². The minimum atomic E-state index is -3.37. The van der Waals surface area contributed by atoms with Gasteiger partial charge in [-0.05, 0) is 43.7 Å². The van der Waals surface area contributed by atoms with Gasteiger partial charge in [0.05, 0.1) is 4.90 Å². The maximum Gasteiger partial charge on any atom is 0.240 e. The van der Waals surface area contributed by atoms with E-state index in [4.69, 9.17) is 0 Å². The van der Waals surface area contributed by atoms with Gasteiger partial charge in [0, 0.05) is 13.1 Å². The smallest absolute Gasteiger partial charge is 0.240 e. The molecule has 0 aliphatic heterocycles. The molecule has 0 aromatic heterocycles. The van der Waals surface area contributed by atoms with Crippen molar-refractivity contribution in [2.45, 2.75) is 25.7 Å². The molecule has 0 aliphatic carbocycles. The van der Waals surface area contributed by atoms with Gasteiger partial charge in [-0.1, -0.05) is 13.0 Å². The predicted octanol–water partition coefficient (Wildman–Crippen LogP) is 1.19. The van der Waals surface area contributed by atoms with Crippen LogP contribution in [0.15, 0.2) is 23.1 Å². The molecule has 0 amide bonds. The second-order valence-electron chi connectivity index (χ2n) is 4.00. The number of likely N-dealkylation sites (N-methyl/N-ethyl adjacent to an activating group) is 1. The number of sulfonamides is 1. The van der Waals surface area contributed by atoms with Gasteiger partial charge in [0.1, 0.15) is 0 Å². The molecule has 2 N–H and O–H groups in total. The van der Waals surface area contributed by atoms with Crippen LogP contribution in [0.3, 0.4) is 0 Å². The van der Waals surface area contributed by atoms with Crippen molar-refractivity contribution in [2.24, 2.45) is 0 Å². The molecule has 5 heteroatoms. The summed E-state index contributed by atoms with van der Waals surface area (Å²) >= 11 is 0. The Morgan fingerprint density at radius 3 is 2.41 bits per heavy atom. The first kappa shape index (κ1) is 14.2. The Morgan fingerprint density at radius 1 is 1.12 bits per heavy atom. The van der Waals surface area contributed by atoms with Crippen molar-refractivity contribution in [1.82, 2.24) is 10.0 Å². The van der Waals surface area contributed by atoms with Crippen LogP contribution in [-0.2, 0) is 10.0 Å². The number of benzene rings is 1. The minimum Gasteiger partial charge on any atom is -0.316 e. The molecular formula is C12H20N2O2S. The van der Waals surface area contributed by atoms with Gasteiger partial charge in [-0.2, -0.15) is 0 Å². The fourth-order valence-electron chi connectivity index (χ4n) is 1.41. The first-order valence-corrected chi connectivity index (χ1v) is 7.23. The maximum atomic E-state index is 11.9. The zero-order chi connectivity index (χ0) is 12.9. The number of hydrogen-bond donors (Lipinski definition) is 2. The molecule has 0 unspecified atom stereocenters. The summed E-state index contributed by atoms with van der Waals surface area (Å²) in [5, 5.41) is 3.07. The van der Waals surface area contributed by atoms with Gasteiger partial charge >= 0.3 is 0 Å². The van der Waals surface area contributed by atoms with Crippen LogP contribution in [0.1, 0.15) is 18.1 Å². The summed E-state index contributed by atoms with van der Waals surface area (Å²) in [5.74, 6) is 0. The molecular weight excluding hydrogens is 236 g/mol. The summed E-state index contributed by atoms with van der Waals surface area (Å²) in [6.07, 6.45) is 0. The zero-order valence-electron chi connectivity index (χ0n) is 10.6. The molecule has 0 radical (unpaired) electrons. The van der Waals surface area contributed by atoms with E-state index in [9.17, 15) is 8.42 Å². The second kappa shape index (κ2) is 6.14. The Hall–Kier alpha value is -0.910. The lowest BCUT2D eigenvalue weighted by Crippen LogP contribution is -2.31. The quantitative estimate of drug-likeness (QED) is 0.752. The van der Waals surface area contributed by atoms with Crippen molar-refractivity contribution < 1.29 is 8.42 Å². The predicted molar refractivity (Wildman–Crippen MR) is 69.6 cm³/mol. The van der Waals surface area contributed by atoms with Crippen LogP contribution in [0.4, 0.5) is 0 Å². The molecule has 0 fully saturated rings. The molecule has 0 atom stereocenters. The van der Waals surface area contributed by atoms with Crippen LogP contribution in [0.5, 0.6) is 0 Å². The van der Waals surface area contributed by atoms with Crippen LogP contribution >= 0.6 is 0 Å². The van der Waals surface area contributed by atoms with Gasteiger partial charge in [0.2, 0.25) is 10.0 Å². The molecule has 17 heavy (non-hydrogen) atoms. The van der Waals surface area contributed by atoms with Crippen LogP contribution < -0.4 is 10.0 Å². The van der Waals surface area contributed by atoms with Crippen molar-refractivity contribution in [3.05, 3.63) is 29.3 Å².